The van der Waals surface area contributed by atoms with Gasteiger partial charge in [-0.3, -0.25) is 19.4 Å². The number of anilines is 1. The van der Waals surface area contributed by atoms with E-state index in [2.05, 4.69) is 17.0 Å². The number of aryl methyl sites for hydroxylation is 1. The van der Waals surface area contributed by atoms with Crippen molar-refractivity contribution in [2.45, 2.75) is 26.4 Å². The Kier molecular flexibility index (Phi) is 4.68. The molecule has 0 spiro atoms. The van der Waals surface area contributed by atoms with Crippen molar-refractivity contribution in [1.82, 2.24) is 19.7 Å². The van der Waals surface area contributed by atoms with Crippen LogP contribution in [0.3, 0.4) is 0 Å². The Morgan fingerprint density at radius 2 is 2.04 bits per heavy atom. The van der Waals surface area contributed by atoms with E-state index in [4.69, 9.17) is 14.5 Å². The molecule has 0 bridgehead atoms. The number of carbonyl (C=O) groups excluding carboxylic acids is 1. The van der Waals surface area contributed by atoms with E-state index in [1.807, 2.05) is 29.1 Å². The molecule has 0 saturated heterocycles. The van der Waals surface area contributed by atoms with Crippen molar-refractivity contribution in [3.63, 3.8) is 0 Å². The molecule has 8 nitrogen and oxygen atoms in total. The first kappa shape index (κ1) is 18.0. The molecule has 0 fully saturated rings. The zero-order valence-corrected chi connectivity index (χ0v) is 16.0. The van der Waals surface area contributed by atoms with Gasteiger partial charge in [-0.15, -0.1) is 0 Å². The summed E-state index contributed by atoms with van der Waals surface area (Å²) in [6.07, 6.45) is 4.56. The number of carbonyl (C=O) groups is 1. The van der Waals surface area contributed by atoms with E-state index in [0.29, 0.717) is 29.6 Å². The SMILES string of the molecule is CCCn1ccc(N2Cc3nc(-c4cnc(OC)c(OC)c4)ccc3C2=O)n1. The fourth-order valence-corrected chi connectivity index (χ4v) is 3.25. The largest absolute Gasteiger partial charge is 0.491 e. The average molecular weight is 379 g/mol. The number of pyridine rings is 2. The quantitative estimate of drug-likeness (QED) is 0.655. The summed E-state index contributed by atoms with van der Waals surface area (Å²) in [6.45, 7) is 3.31. The normalized spacial score (nSPS) is 13.0. The minimum absolute atomic E-state index is 0.0822. The molecule has 4 rings (SSSR count). The highest BCUT2D eigenvalue weighted by Crippen LogP contribution is 2.32. The van der Waals surface area contributed by atoms with Crippen molar-refractivity contribution in [2.24, 2.45) is 0 Å². The molecule has 4 heterocycles. The summed E-state index contributed by atoms with van der Waals surface area (Å²) >= 11 is 0. The minimum atomic E-state index is -0.0822. The fraction of sp³-hybridized carbons (Fsp3) is 0.300. The lowest BCUT2D eigenvalue weighted by atomic mass is 10.1. The van der Waals surface area contributed by atoms with Crippen molar-refractivity contribution >= 4 is 11.7 Å². The zero-order valence-electron chi connectivity index (χ0n) is 16.0. The van der Waals surface area contributed by atoms with Gasteiger partial charge in [0.05, 0.1) is 37.7 Å². The van der Waals surface area contributed by atoms with Crippen LogP contribution in [-0.4, -0.2) is 39.9 Å². The van der Waals surface area contributed by atoms with Crippen molar-refractivity contribution in [2.75, 3.05) is 19.1 Å². The van der Waals surface area contributed by atoms with E-state index in [1.165, 1.54) is 0 Å². The second-order valence-corrected chi connectivity index (χ2v) is 6.45. The van der Waals surface area contributed by atoms with Gasteiger partial charge in [0, 0.05) is 30.6 Å². The van der Waals surface area contributed by atoms with Gasteiger partial charge in [0.15, 0.2) is 11.6 Å². The highest BCUT2D eigenvalue weighted by atomic mass is 16.5. The van der Waals surface area contributed by atoms with Crippen LogP contribution in [0.25, 0.3) is 11.3 Å². The Morgan fingerprint density at radius 3 is 2.79 bits per heavy atom. The molecule has 0 saturated carbocycles. The van der Waals surface area contributed by atoms with Crippen LogP contribution in [0.4, 0.5) is 5.82 Å². The number of fused-ring (bicyclic) bond motifs is 1. The van der Waals surface area contributed by atoms with Gasteiger partial charge in [-0.25, -0.2) is 4.98 Å². The molecule has 28 heavy (non-hydrogen) atoms. The van der Waals surface area contributed by atoms with E-state index in [9.17, 15) is 4.79 Å². The van der Waals surface area contributed by atoms with Crippen LogP contribution in [0, 0.1) is 0 Å². The van der Waals surface area contributed by atoms with Gasteiger partial charge in [-0.1, -0.05) is 6.92 Å². The lowest BCUT2D eigenvalue weighted by Crippen LogP contribution is -2.23. The van der Waals surface area contributed by atoms with E-state index in [-0.39, 0.29) is 5.91 Å². The topological polar surface area (TPSA) is 82.4 Å². The van der Waals surface area contributed by atoms with Crippen LogP contribution in [0.5, 0.6) is 11.6 Å². The molecule has 1 aliphatic rings. The molecule has 0 unspecified atom stereocenters. The number of rotatable bonds is 6. The Labute approximate surface area is 162 Å². The summed E-state index contributed by atoms with van der Waals surface area (Å²) in [5.74, 6) is 1.50. The van der Waals surface area contributed by atoms with Crippen molar-refractivity contribution in [3.8, 4) is 22.9 Å². The molecule has 1 amide bonds. The molecule has 1 aliphatic heterocycles. The number of nitrogens with zero attached hydrogens (tertiary/aromatic N) is 5. The highest BCUT2D eigenvalue weighted by molar-refractivity contribution is 6.09. The van der Waals surface area contributed by atoms with Crippen LogP contribution in [0.15, 0.2) is 36.7 Å². The second-order valence-electron chi connectivity index (χ2n) is 6.45. The molecule has 0 atom stereocenters. The highest BCUT2D eigenvalue weighted by Gasteiger charge is 2.31. The van der Waals surface area contributed by atoms with Gasteiger partial charge in [0.2, 0.25) is 0 Å². The molecule has 0 N–H and O–H groups in total. The molecule has 3 aromatic heterocycles. The van der Waals surface area contributed by atoms with Crippen LogP contribution in [-0.2, 0) is 13.1 Å². The van der Waals surface area contributed by atoms with Gasteiger partial charge < -0.3 is 9.47 Å². The number of hydrogen-bond acceptors (Lipinski definition) is 6. The van der Waals surface area contributed by atoms with E-state index >= 15 is 0 Å². The van der Waals surface area contributed by atoms with Gasteiger partial charge in [-0.05, 0) is 24.6 Å². The smallest absolute Gasteiger partial charge is 0.261 e. The van der Waals surface area contributed by atoms with Crippen molar-refractivity contribution in [3.05, 3.63) is 47.9 Å². The average Bonchev–Trinajstić information content (AvgIpc) is 3.31. The Hall–Kier alpha value is -3.42. The third kappa shape index (κ3) is 3.06. The maximum Gasteiger partial charge on any atom is 0.261 e. The molecule has 0 radical (unpaired) electrons. The van der Waals surface area contributed by atoms with Crippen molar-refractivity contribution in [1.29, 1.82) is 0 Å². The molecule has 8 heteroatoms. The summed E-state index contributed by atoms with van der Waals surface area (Å²) in [7, 11) is 3.11. The molecular weight excluding hydrogens is 358 g/mol. The predicted molar refractivity (Wildman–Crippen MR) is 104 cm³/mol. The molecule has 3 aromatic rings. The third-order valence-electron chi connectivity index (χ3n) is 4.64. The molecule has 0 aromatic carbocycles. The summed E-state index contributed by atoms with van der Waals surface area (Å²) in [5, 5.41) is 4.49. The summed E-state index contributed by atoms with van der Waals surface area (Å²) < 4.78 is 12.3. The number of aromatic nitrogens is 4. The molecular formula is C20H21N5O3. The Balaban J connectivity index is 1.63. The van der Waals surface area contributed by atoms with Gasteiger partial charge in [0.25, 0.3) is 11.8 Å². The van der Waals surface area contributed by atoms with Crippen LogP contribution in [0.1, 0.15) is 29.4 Å². The zero-order chi connectivity index (χ0) is 19.7. The second kappa shape index (κ2) is 7.30. The Bertz CT molecular complexity index is 1030. The lowest BCUT2D eigenvalue weighted by Gasteiger charge is -2.11. The first-order chi connectivity index (χ1) is 13.6. The fourth-order valence-electron chi connectivity index (χ4n) is 3.25. The summed E-state index contributed by atoms with van der Waals surface area (Å²) in [5.41, 5.74) is 2.83. The van der Waals surface area contributed by atoms with Crippen LogP contribution in [0.2, 0.25) is 0 Å². The first-order valence-corrected chi connectivity index (χ1v) is 9.08. The first-order valence-electron chi connectivity index (χ1n) is 9.08. The number of hydrogen-bond donors (Lipinski definition) is 0. The lowest BCUT2D eigenvalue weighted by molar-refractivity contribution is 0.0996. The molecule has 0 aliphatic carbocycles. The predicted octanol–water partition coefficient (Wildman–Crippen LogP) is 2.93. The van der Waals surface area contributed by atoms with Gasteiger partial charge >= 0.3 is 0 Å². The van der Waals surface area contributed by atoms with Crippen LogP contribution < -0.4 is 14.4 Å². The van der Waals surface area contributed by atoms with Crippen LogP contribution >= 0.6 is 0 Å². The molecule has 144 valence electrons. The maximum atomic E-state index is 12.8. The monoisotopic (exact) mass is 379 g/mol. The van der Waals surface area contributed by atoms with E-state index in [1.54, 1.807) is 31.4 Å². The third-order valence-corrected chi connectivity index (χ3v) is 4.64. The standard InChI is InChI=1S/C20H21N5O3/c1-4-8-24-9-7-18(23-24)25-12-16-14(20(25)26)5-6-15(22-16)13-10-17(27-2)19(28-3)21-11-13/h5-7,9-11H,4,8,12H2,1-3H3. The Morgan fingerprint density at radius 1 is 1.18 bits per heavy atom. The minimum Gasteiger partial charge on any atom is -0.491 e. The number of ether oxygens (including phenoxy) is 2. The van der Waals surface area contributed by atoms with Gasteiger partial charge in [0.1, 0.15) is 0 Å². The summed E-state index contributed by atoms with van der Waals surface area (Å²) in [6, 6.07) is 7.30. The van der Waals surface area contributed by atoms with E-state index in [0.717, 1.165) is 29.9 Å². The number of amides is 1. The summed E-state index contributed by atoms with van der Waals surface area (Å²) in [4.78, 5) is 23.4. The number of methoxy groups -OCH3 is 2. The van der Waals surface area contributed by atoms with Crippen molar-refractivity contribution < 1.29 is 14.3 Å². The van der Waals surface area contributed by atoms with Gasteiger partial charge in [-0.2, -0.15) is 5.10 Å². The van der Waals surface area contributed by atoms with E-state index < -0.39 is 0 Å². The maximum absolute atomic E-state index is 12.8.